The number of rotatable bonds is 5. The van der Waals surface area contributed by atoms with Gasteiger partial charge in [0.2, 0.25) is 5.91 Å². The van der Waals surface area contributed by atoms with Crippen molar-refractivity contribution in [2.24, 2.45) is 17.3 Å². The van der Waals surface area contributed by atoms with E-state index in [1.54, 1.807) is 27.7 Å². The fourth-order valence-electron chi connectivity index (χ4n) is 2.77. The maximum Gasteiger partial charge on any atom is 0.337 e. The molecule has 0 radical (unpaired) electrons. The number of carbonyl (C=O) groups is 3. The van der Waals surface area contributed by atoms with Crippen LogP contribution in [-0.2, 0) is 28.6 Å². The first-order valence-electron chi connectivity index (χ1n) is 8.75. The van der Waals surface area contributed by atoms with E-state index in [0.29, 0.717) is 0 Å². The van der Waals surface area contributed by atoms with Crippen LogP contribution in [0.15, 0.2) is 0 Å². The molecule has 0 aliphatic carbocycles. The quantitative estimate of drug-likeness (QED) is 0.753. The van der Waals surface area contributed by atoms with Crippen molar-refractivity contribution in [2.45, 2.75) is 66.7 Å². The van der Waals surface area contributed by atoms with Crippen molar-refractivity contribution < 1.29 is 28.6 Å². The minimum Gasteiger partial charge on any atom is -0.464 e. The molecule has 25 heavy (non-hydrogen) atoms. The monoisotopic (exact) mass is 357 g/mol. The van der Waals surface area contributed by atoms with E-state index in [2.05, 4.69) is 5.32 Å². The predicted molar refractivity (Wildman–Crippen MR) is 91.6 cm³/mol. The molecule has 7 heteroatoms. The van der Waals surface area contributed by atoms with E-state index >= 15 is 0 Å². The van der Waals surface area contributed by atoms with Crippen molar-refractivity contribution in [1.29, 1.82) is 0 Å². The Bertz CT molecular complexity index is 498. The molecule has 1 heterocycles. The predicted octanol–water partition coefficient (Wildman–Crippen LogP) is 1.68. The van der Waals surface area contributed by atoms with Crippen molar-refractivity contribution in [3.8, 4) is 0 Å². The molecule has 0 aromatic carbocycles. The lowest BCUT2D eigenvalue weighted by Crippen LogP contribution is -2.60. The molecule has 0 saturated carbocycles. The minimum absolute atomic E-state index is 0.0182. The van der Waals surface area contributed by atoms with Crippen LogP contribution in [0.3, 0.4) is 0 Å². The summed E-state index contributed by atoms with van der Waals surface area (Å²) in [6, 6.07) is -0.485. The molecule has 1 aliphatic heterocycles. The molecule has 0 aromatic rings. The van der Waals surface area contributed by atoms with Crippen LogP contribution < -0.4 is 5.32 Å². The Morgan fingerprint density at radius 1 is 1.08 bits per heavy atom. The van der Waals surface area contributed by atoms with Gasteiger partial charge in [-0.1, -0.05) is 13.8 Å². The fraction of sp³-hybridized carbons (Fsp3) is 0.833. The van der Waals surface area contributed by atoms with Crippen LogP contribution in [-0.4, -0.2) is 49.3 Å². The zero-order chi connectivity index (χ0) is 19.4. The van der Waals surface area contributed by atoms with Gasteiger partial charge in [0, 0.05) is 6.92 Å². The molecule has 1 amide bonds. The first kappa shape index (κ1) is 21.4. The number of carbonyl (C=O) groups excluding carboxylic acids is 3. The summed E-state index contributed by atoms with van der Waals surface area (Å²) in [6.07, 6.45) is -1.37. The SMILES string of the molecule is CCOC(=O)C1O[C@H](COC(=O)C(C)(C)C)[C@@H](C)[C@H](C)C1NC(C)=O. The van der Waals surface area contributed by atoms with Gasteiger partial charge >= 0.3 is 11.9 Å². The van der Waals surface area contributed by atoms with Crippen LogP contribution in [0.1, 0.15) is 48.5 Å². The summed E-state index contributed by atoms with van der Waals surface area (Å²) in [7, 11) is 0. The number of esters is 2. The molecule has 7 nitrogen and oxygen atoms in total. The van der Waals surface area contributed by atoms with E-state index in [9.17, 15) is 14.4 Å². The van der Waals surface area contributed by atoms with Gasteiger partial charge in [0.25, 0.3) is 0 Å². The Labute approximate surface area is 149 Å². The van der Waals surface area contributed by atoms with Crippen molar-refractivity contribution >= 4 is 17.8 Å². The minimum atomic E-state index is -0.923. The lowest BCUT2D eigenvalue weighted by molar-refractivity contribution is -0.189. The van der Waals surface area contributed by atoms with Gasteiger partial charge in [-0.3, -0.25) is 9.59 Å². The van der Waals surface area contributed by atoms with Gasteiger partial charge in [0.05, 0.1) is 24.2 Å². The topological polar surface area (TPSA) is 90.9 Å². The first-order valence-corrected chi connectivity index (χ1v) is 8.75. The Kier molecular flexibility index (Phi) is 7.41. The second-order valence-corrected chi connectivity index (χ2v) is 7.64. The van der Waals surface area contributed by atoms with Crippen molar-refractivity contribution in [1.82, 2.24) is 5.32 Å². The van der Waals surface area contributed by atoms with E-state index < -0.39 is 29.6 Å². The number of ether oxygens (including phenoxy) is 3. The largest absolute Gasteiger partial charge is 0.464 e. The zero-order valence-corrected chi connectivity index (χ0v) is 16.3. The van der Waals surface area contributed by atoms with E-state index in [-0.39, 0.29) is 36.9 Å². The summed E-state index contributed by atoms with van der Waals surface area (Å²) in [5.74, 6) is -1.15. The van der Waals surface area contributed by atoms with Gasteiger partial charge in [-0.15, -0.1) is 0 Å². The standard InChI is InChI=1S/C18H31NO6/c1-8-23-16(21)15-14(19-12(4)20)11(3)10(2)13(25-15)9-24-17(22)18(5,6)7/h10-11,13-15H,8-9H2,1-7H3,(H,19,20)/t10-,11-,13+,14?,15?/m0/s1. The summed E-state index contributed by atoms with van der Waals surface area (Å²) < 4.78 is 16.3. The highest BCUT2D eigenvalue weighted by molar-refractivity contribution is 5.79. The average Bonchev–Trinajstić information content (AvgIpc) is 2.49. The van der Waals surface area contributed by atoms with Gasteiger partial charge in [-0.25, -0.2) is 4.79 Å². The summed E-state index contributed by atoms with van der Waals surface area (Å²) in [4.78, 5) is 35.8. The van der Waals surface area contributed by atoms with Crippen LogP contribution in [0.25, 0.3) is 0 Å². The van der Waals surface area contributed by atoms with Crippen molar-refractivity contribution in [3.63, 3.8) is 0 Å². The third-order valence-electron chi connectivity index (χ3n) is 4.51. The highest BCUT2D eigenvalue weighted by atomic mass is 16.6. The van der Waals surface area contributed by atoms with Crippen molar-refractivity contribution in [3.05, 3.63) is 0 Å². The van der Waals surface area contributed by atoms with Crippen LogP contribution in [0.5, 0.6) is 0 Å². The number of hydrogen-bond donors (Lipinski definition) is 1. The van der Waals surface area contributed by atoms with E-state index in [1.807, 2.05) is 13.8 Å². The molecule has 5 atom stereocenters. The molecule has 1 rings (SSSR count). The highest BCUT2D eigenvalue weighted by Crippen LogP contribution is 2.32. The van der Waals surface area contributed by atoms with Gasteiger partial charge in [0.15, 0.2) is 6.10 Å². The van der Waals surface area contributed by atoms with Crippen LogP contribution >= 0.6 is 0 Å². The summed E-state index contributed by atoms with van der Waals surface area (Å²) in [5.41, 5.74) is -0.608. The van der Waals surface area contributed by atoms with Gasteiger partial charge in [0.1, 0.15) is 6.61 Å². The Morgan fingerprint density at radius 2 is 1.68 bits per heavy atom. The zero-order valence-electron chi connectivity index (χ0n) is 16.3. The highest BCUT2D eigenvalue weighted by Gasteiger charge is 2.46. The summed E-state index contributed by atoms with van der Waals surface area (Å²) >= 11 is 0. The second-order valence-electron chi connectivity index (χ2n) is 7.64. The maximum atomic E-state index is 12.3. The van der Waals surface area contributed by atoms with E-state index in [1.165, 1.54) is 6.92 Å². The molecule has 144 valence electrons. The third-order valence-corrected chi connectivity index (χ3v) is 4.51. The lowest BCUT2D eigenvalue weighted by atomic mass is 9.79. The molecular formula is C18H31NO6. The molecule has 0 bridgehead atoms. The molecular weight excluding hydrogens is 326 g/mol. The van der Waals surface area contributed by atoms with Gasteiger partial charge in [-0.2, -0.15) is 0 Å². The number of hydrogen-bond acceptors (Lipinski definition) is 6. The molecule has 1 N–H and O–H groups in total. The summed E-state index contributed by atoms with van der Waals surface area (Å²) in [6.45, 7) is 12.6. The maximum absolute atomic E-state index is 12.3. The molecule has 1 aliphatic rings. The van der Waals surface area contributed by atoms with Crippen LogP contribution in [0, 0.1) is 17.3 Å². The normalized spacial score (nSPS) is 29.6. The lowest BCUT2D eigenvalue weighted by Gasteiger charge is -2.43. The smallest absolute Gasteiger partial charge is 0.337 e. The van der Waals surface area contributed by atoms with Gasteiger partial charge in [-0.05, 0) is 39.5 Å². The van der Waals surface area contributed by atoms with Crippen LogP contribution in [0.4, 0.5) is 0 Å². The Morgan fingerprint density at radius 3 is 2.16 bits per heavy atom. The molecule has 1 fully saturated rings. The second kappa shape index (κ2) is 8.65. The summed E-state index contributed by atoms with van der Waals surface area (Å²) in [5, 5.41) is 2.79. The van der Waals surface area contributed by atoms with E-state index in [4.69, 9.17) is 14.2 Å². The first-order chi connectivity index (χ1) is 11.5. The van der Waals surface area contributed by atoms with Gasteiger partial charge < -0.3 is 19.5 Å². The van der Waals surface area contributed by atoms with E-state index in [0.717, 1.165) is 0 Å². The third kappa shape index (κ3) is 5.70. The molecule has 0 spiro atoms. The Balaban J connectivity index is 2.90. The van der Waals surface area contributed by atoms with Crippen molar-refractivity contribution in [2.75, 3.05) is 13.2 Å². The number of nitrogens with one attached hydrogen (secondary N) is 1. The number of amides is 1. The average molecular weight is 357 g/mol. The molecule has 0 aromatic heterocycles. The fourth-order valence-corrected chi connectivity index (χ4v) is 2.77. The molecule has 2 unspecified atom stereocenters. The Hall–Kier alpha value is -1.63. The van der Waals surface area contributed by atoms with Crippen LogP contribution in [0.2, 0.25) is 0 Å². The molecule has 1 saturated heterocycles.